The number of amides is 1. The highest BCUT2D eigenvalue weighted by molar-refractivity contribution is 5.84. The van der Waals surface area contributed by atoms with E-state index in [1.807, 2.05) is 18.2 Å². The maximum Gasteiger partial charge on any atom is 0.328 e. The molecule has 0 aliphatic heterocycles. The number of rotatable bonds is 6. The summed E-state index contributed by atoms with van der Waals surface area (Å²) in [5.74, 6) is -0.612. The summed E-state index contributed by atoms with van der Waals surface area (Å²) in [5.41, 5.74) is 7.40. The Hall–Kier alpha value is -2.04. The van der Waals surface area contributed by atoms with Crippen molar-refractivity contribution in [2.75, 3.05) is 12.3 Å². The first-order chi connectivity index (χ1) is 9.04. The van der Waals surface area contributed by atoms with Crippen LogP contribution in [0, 0.1) is 0 Å². The lowest BCUT2D eigenvalue weighted by molar-refractivity contribution is -0.146. The number of carbonyl (C=O) groups is 2. The molecule has 1 atom stereocenters. The van der Waals surface area contributed by atoms with E-state index in [1.165, 1.54) is 0 Å². The predicted octanol–water partition coefficient (Wildman–Crippen LogP) is 1.27. The number of anilines is 1. The fourth-order valence-electron chi connectivity index (χ4n) is 1.65. The zero-order chi connectivity index (χ0) is 14.3. The second kappa shape index (κ2) is 7.41. The number of carbonyl (C=O) groups excluding carboxylic acids is 2. The van der Waals surface area contributed by atoms with Crippen LogP contribution in [0.25, 0.3) is 0 Å². The maximum atomic E-state index is 11.7. The van der Waals surface area contributed by atoms with Crippen LogP contribution in [0.15, 0.2) is 24.3 Å². The third-order valence-corrected chi connectivity index (χ3v) is 2.69. The van der Waals surface area contributed by atoms with Crippen LogP contribution in [0.5, 0.6) is 0 Å². The standard InChI is InChI=1S/C14H20N2O3/c1-3-19-14(18)10(2)16-13(17)9-8-11-6-4-5-7-12(11)15/h4-7,10H,3,8-9,15H2,1-2H3,(H,16,17). The smallest absolute Gasteiger partial charge is 0.328 e. The highest BCUT2D eigenvalue weighted by Gasteiger charge is 2.16. The van der Waals surface area contributed by atoms with Crippen molar-refractivity contribution < 1.29 is 14.3 Å². The second-order valence-electron chi connectivity index (χ2n) is 4.24. The minimum absolute atomic E-state index is 0.191. The average Bonchev–Trinajstić information content (AvgIpc) is 2.38. The molecule has 1 aromatic carbocycles. The van der Waals surface area contributed by atoms with Gasteiger partial charge in [-0.25, -0.2) is 4.79 Å². The topological polar surface area (TPSA) is 81.4 Å². The number of benzene rings is 1. The third kappa shape index (κ3) is 4.99. The van der Waals surface area contributed by atoms with Gasteiger partial charge in [-0.3, -0.25) is 4.79 Å². The molecule has 0 saturated carbocycles. The summed E-state index contributed by atoms with van der Waals surface area (Å²) in [5, 5.41) is 2.60. The number of nitrogens with two attached hydrogens (primary N) is 1. The van der Waals surface area contributed by atoms with Gasteiger partial charge in [-0.2, -0.15) is 0 Å². The molecule has 19 heavy (non-hydrogen) atoms. The molecular formula is C14H20N2O3. The Bertz CT molecular complexity index is 446. The molecule has 5 heteroatoms. The Labute approximate surface area is 113 Å². The molecule has 0 aliphatic rings. The minimum Gasteiger partial charge on any atom is -0.464 e. The van der Waals surface area contributed by atoms with Crippen molar-refractivity contribution in [2.24, 2.45) is 0 Å². The summed E-state index contributed by atoms with van der Waals surface area (Å²) in [7, 11) is 0. The van der Waals surface area contributed by atoms with Gasteiger partial charge in [0.1, 0.15) is 6.04 Å². The Morgan fingerprint density at radius 2 is 2.05 bits per heavy atom. The zero-order valence-electron chi connectivity index (χ0n) is 11.3. The van der Waals surface area contributed by atoms with Crippen molar-refractivity contribution in [3.8, 4) is 0 Å². The van der Waals surface area contributed by atoms with Crippen LogP contribution in [0.2, 0.25) is 0 Å². The molecule has 0 radical (unpaired) electrons. The van der Waals surface area contributed by atoms with E-state index < -0.39 is 12.0 Å². The van der Waals surface area contributed by atoms with E-state index in [1.54, 1.807) is 19.9 Å². The van der Waals surface area contributed by atoms with E-state index in [2.05, 4.69) is 5.32 Å². The largest absolute Gasteiger partial charge is 0.464 e. The summed E-state index contributed by atoms with van der Waals surface area (Å²) in [6, 6.07) is 6.79. The van der Waals surface area contributed by atoms with Crippen molar-refractivity contribution in [3.05, 3.63) is 29.8 Å². The van der Waals surface area contributed by atoms with Crippen LogP contribution in [-0.4, -0.2) is 24.5 Å². The van der Waals surface area contributed by atoms with Gasteiger partial charge in [-0.05, 0) is 31.9 Å². The van der Waals surface area contributed by atoms with E-state index in [0.29, 0.717) is 18.7 Å². The van der Waals surface area contributed by atoms with Crippen molar-refractivity contribution >= 4 is 17.6 Å². The van der Waals surface area contributed by atoms with E-state index in [9.17, 15) is 9.59 Å². The molecule has 0 spiro atoms. The Morgan fingerprint density at radius 3 is 2.68 bits per heavy atom. The van der Waals surface area contributed by atoms with Gasteiger partial charge in [0.2, 0.25) is 5.91 Å². The van der Waals surface area contributed by atoms with Crippen molar-refractivity contribution in [3.63, 3.8) is 0 Å². The molecule has 0 aliphatic carbocycles. The van der Waals surface area contributed by atoms with Gasteiger partial charge < -0.3 is 15.8 Å². The summed E-state index contributed by atoms with van der Waals surface area (Å²) in [4.78, 5) is 23.0. The van der Waals surface area contributed by atoms with Gasteiger partial charge >= 0.3 is 5.97 Å². The summed E-state index contributed by atoms with van der Waals surface area (Å²) < 4.78 is 4.81. The Balaban J connectivity index is 2.40. The number of para-hydroxylation sites is 1. The molecule has 0 fully saturated rings. The lowest BCUT2D eigenvalue weighted by atomic mass is 10.1. The van der Waals surface area contributed by atoms with Crippen LogP contribution in [0.3, 0.4) is 0 Å². The highest BCUT2D eigenvalue weighted by Crippen LogP contribution is 2.12. The summed E-state index contributed by atoms with van der Waals surface area (Å²) >= 11 is 0. The van der Waals surface area contributed by atoms with E-state index >= 15 is 0 Å². The SMILES string of the molecule is CCOC(=O)C(C)NC(=O)CCc1ccccc1N. The van der Waals surface area contributed by atoms with E-state index in [-0.39, 0.29) is 12.3 Å². The molecule has 0 aromatic heterocycles. The summed E-state index contributed by atoms with van der Waals surface area (Å²) in [6.45, 7) is 3.64. The van der Waals surface area contributed by atoms with E-state index in [4.69, 9.17) is 10.5 Å². The lowest BCUT2D eigenvalue weighted by Crippen LogP contribution is -2.39. The van der Waals surface area contributed by atoms with Gasteiger partial charge in [0.25, 0.3) is 0 Å². The molecule has 1 amide bonds. The van der Waals surface area contributed by atoms with Crippen LogP contribution in [0.1, 0.15) is 25.8 Å². The second-order valence-corrected chi connectivity index (χ2v) is 4.24. The molecule has 3 N–H and O–H groups in total. The monoisotopic (exact) mass is 264 g/mol. The highest BCUT2D eigenvalue weighted by atomic mass is 16.5. The first-order valence-corrected chi connectivity index (χ1v) is 6.34. The van der Waals surface area contributed by atoms with Crippen LogP contribution in [0.4, 0.5) is 5.69 Å². The first-order valence-electron chi connectivity index (χ1n) is 6.34. The first kappa shape index (κ1) is 15.0. The third-order valence-electron chi connectivity index (χ3n) is 2.69. The molecule has 1 aromatic rings. The predicted molar refractivity (Wildman–Crippen MR) is 73.4 cm³/mol. The fraction of sp³-hybridized carbons (Fsp3) is 0.429. The van der Waals surface area contributed by atoms with Gasteiger partial charge in [0.15, 0.2) is 0 Å². The van der Waals surface area contributed by atoms with Crippen molar-refractivity contribution in [2.45, 2.75) is 32.7 Å². The van der Waals surface area contributed by atoms with Gasteiger partial charge in [-0.1, -0.05) is 18.2 Å². The fourth-order valence-corrected chi connectivity index (χ4v) is 1.65. The molecule has 1 unspecified atom stereocenters. The normalized spacial score (nSPS) is 11.7. The molecule has 104 valence electrons. The van der Waals surface area contributed by atoms with Gasteiger partial charge in [-0.15, -0.1) is 0 Å². The van der Waals surface area contributed by atoms with Gasteiger partial charge in [0.05, 0.1) is 6.61 Å². The van der Waals surface area contributed by atoms with Crippen LogP contribution < -0.4 is 11.1 Å². The number of ether oxygens (including phenoxy) is 1. The number of hydrogen-bond acceptors (Lipinski definition) is 4. The number of hydrogen-bond donors (Lipinski definition) is 2. The summed E-state index contributed by atoms with van der Waals surface area (Å²) in [6.07, 6.45) is 0.839. The van der Waals surface area contributed by atoms with E-state index in [0.717, 1.165) is 5.56 Å². The number of aryl methyl sites for hydroxylation is 1. The molecule has 1 rings (SSSR count). The molecular weight excluding hydrogens is 244 g/mol. The average molecular weight is 264 g/mol. The molecule has 0 saturated heterocycles. The van der Waals surface area contributed by atoms with Gasteiger partial charge in [0, 0.05) is 12.1 Å². The minimum atomic E-state index is -0.624. The van der Waals surface area contributed by atoms with Crippen molar-refractivity contribution in [1.29, 1.82) is 0 Å². The number of esters is 1. The number of nitrogens with one attached hydrogen (secondary N) is 1. The molecule has 5 nitrogen and oxygen atoms in total. The van der Waals surface area contributed by atoms with Crippen molar-refractivity contribution in [1.82, 2.24) is 5.32 Å². The maximum absolute atomic E-state index is 11.7. The van der Waals surface area contributed by atoms with Crippen LogP contribution in [-0.2, 0) is 20.7 Å². The Morgan fingerprint density at radius 1 is 1.37 bits per heavy atom. The zero-order valence-corrected chi connectivity index (χ0v) is 11.3. The lowest BCUT2D eigenvalue weighted by Gasteiger charge is -2.12. The Kier molecular flexibility index (Phi) is 5.85. The number of nitrogen functional groups attached to an aromatic ring is 1. The quantitative estimate of drug-likeness (QED) is 0.599. The van der Waals surface area contributed by atoms with Crippen LogP contribution >= 0.6 is 0 Å². The molecule has 0 bridgehead atoms. The molecule has 0 heterocycles.